The Morgan fingerprint density at radius 2 is 1.79 bits per heavy atom. The van der Waals surface area contributed by atoms with Gasteiger partial charge >= 0.3 is 0 Å². The fourth-order valence-electron chi connectivity index (χ4n) is 3.44. The van der Waals surface area contributed by atoms with E-state index in [1.807, 2.05) is 0 Å². The topological polar surface area (TPSA) is 29.3 Å². The fourth-order valence-corrected chi connectivity index (χ4v) is 3.44. The minimum atomic E-state index is 0.504. The van der Waals surface area contributed by atoms with Gasteiger partial charge in [-0.15, -0.1) is 0 Å². The number of nitrogens with zero attached hydrogens (tertiary/aromatic N) is 1. The Bertz CT molecular complexity index is 451. The zero-order valence-corrected chi connectivity index (χ0v) is 13.0. The van der Waals surface area contributed by atoms with Gasteiger partial charge in [0, 0.05) is 12.1 Å². The average Bonchev–Trinajstić information content (AvgIpc) is 2.77. The first kappa shape index (κ1) is 14.5. The van der Waals surface area contributed by atoms with Crippen molar-refractivity contribution in [3.8, 4) is 0 Å². The first-order valence-electron chi connectivity index (χ1n) is 7.49. The van der Waals surface area contributed by atoms with Crippen molar-refractivity contribution < 1.29 is 0 Å². The van der Waals surface area contributed by atoms with Gasteiger partial charge in [0.05, 0.1) is 0 Å². The standard InChI is InChI=1S/C17H28N2/c1-11(2)19-7-6-15(10-18)17(19)16-9-13(4)12(3)8-14(16)5/h8-9,11,15,17H,6-7,10,18H2,1-5H3. The van der Waals surface area contributed by atoms with Crippen LogP contribution in [0.15, 0.2) is 12.1 Å². The van der Waals surface area contributed by atoms with E-state index in [0.29, 0.717) is 18.0 Å². The minimum absolute atomic E-state index is 0.504. The molecule has 1 aromatic carbocycles. The van der Waals surface area contributed by atoms with Crippen molar-refractivity contribution in [1.29, 1.82) is 0 Å². The molecule has 1 aliphatic rings. The highest BCUT2D eigenvalue weighted by Crippen LogP contribution is 2.40. The predicted octanol–water partition coefficient (Wildman–Crippen LogP) is 3.34. The molecule has 2 heteroatoms. The summed E-state index contributed by atoms with van der Waals surface area (Å²) in [5.74, 6) is 0.600. The van der Waals surface area contributed by atoms with Crippen LogP contribution in [-0.2, 0) is 0 Å². The summed E-state index contributed by atoms with van der Waals surface area (Å²) in [5, 5.41) is 0. The maximum Gasteiger partial charge on any atom is 0.0394 e. The number of hydrogen-bond donors (Lipinski definition) is 1. The summed E-state index contributed by atoms with van der Waals surface area (Å²) in [7, 11) is 0. The molecule has 106 valence electrons. The Labute approximate surface area is 118 Å². The fraction of sp³-hybridized carbons (Fsp3) is 0.647. The first-order valence-corrected chi connectivity index (χ1v) is 7.49. The summed E-state index contributed by atoms with van der Waals surface area (Å²) in [4.78, 5) is 2.62. The van der Waals surface area contributed by atoms with E-state index < -0.39 is 0 Å². The molecule has 0 bridgehead atoms. The van der Waals surface area contributed by atoms with Crippen LogP contribution in [0.1, 0.15) is 48.6 Å². The van der Waals surface area contributed by atoms with E-state index in [-0.39, 0.29) is 0 Å². The molecule has 1 heterocycles. The Balaban J connectivity index is 2.44. The SMILES string of the molecule is Cc1cc(C)c(C2C(CN)CCN2C(C)C)cc1C. The number of hydrogen-bond acceptors (Lipinski definition) is 2. The summed E-state index contributed by atoms with van der Waals surface area (Å²) in [6, 6.07) is 5.81. The van der Waals surface area contributed by atoms with E-state index in [0.717, 1.165) is 6.54 Å². The molecule has 2 N–H and O–H groups in total. The lowest BCUT2D eigenvalue weighted by molar-refractivity contribution is 0.184. The second-order valence-electron chi connectivity index (χ2n) is 6.35. The van der Waals surface area contributed by atoms with Crippen LogP contribution in [0.4, 0.5) is 0 Å². The lowest BCUT2D eigenvalue weighted by Gasteiger charge is -2.33. The van der Waals surface area contributed by atoms with Gasteiger partial charge in [-0.1, -0.05) is 12.1 Å². The van der Waals surface area contributed by atoms with Gasteiger partial charge in [-0.3, -0.25) is 4.90 Å². The van der Waals surface area contributed by atoms with Crippen molar-refractivity contribution in [2.24, 2.45) is 11.7 Å². The number of aryl methyl sites for hydroxylation is 3. The molecule has 0 aromatic heterocycles. The van der Waals surface area contributed by atoms with E-state index in [9.17, 15) is 0 Å². The van der Waals surface area contributed by atoms with Crippen LogP contribution in [0, 0.1) is 26.7 Å². The number of likely N-dealkylation sites (tertiary alicyclic amines) is 1. The van der Waals surface area contributed by atoms with E-state index in [4.69, 9.17) is 5.73 Å². The monoisotopic (exact) mass is 260 g/mol. The normalized spacial score (nSPS) is 24.4. The van der Waals surface area contributed by atoms with Crippen LogP contribution < -0.4 is 5.73 Å². The number of nitrogens with two attached hydrogens (primary N) is 1. The third kappa shape index (κ3) is 2.70. The van der Waals surface area contributed by atoms with Gasteiger partial charge in [-0.2, -0.15) is 0 Å². The Morgan fingerprint density at radius 3 is 2.37 bits per heavy atom. The van der Waals surface area contributed by atoms with Gasteiger partial charge in [0.1, 0.15) is 0 Å². The van der Waals surface area contributed by atoms with E-state index in [1.54, 1.807) is 0 Å². The second-order valence-corrected chi connectivity index (χ2v) is 6.35. The highest BCUT2D eigenvalue weighted by atomic mass is 15.2. The van der Waals surface area contributed by atoms with Crippen molar-refractivity contribution in [1.82, 2.24) is 4.90 Å². The van der Waals surface area contributed by atoms with Crippen molar-refractivity contribution >= 4 is 0 Å². The molecule has 0 saturated carbocycles. The van der Waals surface area contributed by atoms with E-state index in [1.165, 1.54) is 35.2 Å². The maximum absolute atomic E-state index is 6.02. The van der Waals surface area contributed by atoms with Crippen molar-refractivity contribution in [2.75, 3.05) is 13.1 Å². The smallest absolute Gasteiger partial charge is 0.0394 e. The van der Waals surface area contributed by atoms with E-state index in [2.05, 4.69) is 51.7 Å². The molecule has 1 aromatic rings. The van der Waals surface area contributed by atoms with Gasteiger partial charge in [-0.05, 0) is 82.3 Å². The van der Waals surface area contributed by atoms with Crippen LogP contribution in [0.25, 0.3) is 0 Å². The Morgan fingerprint density at radius 1 is 1.16 bits per heavy atom. The zero-order chi connectivity index (χ0) is 14.2. The van der Waals surface area contributed by atoms with Gasteiger partial charge in [0.25, 0.3) is 0 Å². The molecular weight excluding hydrogens is 232 g/mol. The lowest BCUT2D eigenvalue weighted by Crippen LogP contribution is -2.33. The number of benzene rings is 1. The molecular formula is C17H28N2. The van der Waals surface area contributed by atoms with Gasteiger partial charge in [0.15, 0.2) is 0 Å². The molecule has 2 atom stereocenters. The van der Waals surface area contributed by atoms with Crippen LogP contribution in [0.3, 0.4) is 0 Å². The summed E-state index contributed by atoms with van der Waals surface area (Å²) in [5.41, 5.74) is 11.7. The summed E-state index contributed by atoms with van der Waals surface area (Å²) in [6.07, 6.45) is 1.23. The third-order valence-electron chi connectivity index (χ3n) is 4.73. The third-order valence-corrected chi connectivity index (χ3v) is 4.73. The van der Waals surface area contributed by atoms with E-state index >= 15 is 0 Å². The van der Waals surface area contributed by atoms with Crippen molar-refractivity contribution in [2.45, 2.75) is 53.1 Å². The molecule has 1 aliphatic heterocycles. The summed E-state index contributed by atoms with van der Waals surface area (Å²) < 4.78 is 0. The zero-order valence-electron chi connectivity index (χ0n) is 13.0. The van der Waals surface area contributed by atoms with Crippen molar-refractivity contribution in [3.05, 3.63) is 34.4 Å². The highest BCUT2D eigenvalue weighted by molar-refractivity contribution is 5.39. The molecule has 0 aliphatic carbocycles. The number of rotatable bonds is 3. The van der Waals surface area contributed by atoms with Crippen LogP contribution >= 0.6 is 0 Å². The molecule has 19 heavy (non-hydrogen) atoms. The summed E-state index contributed by atoms with van der Waals surface area (Å²) >= 11 is 0. The summed E-state index contributed by atoms with van der Waals surface area (Å²) in [6.45, 7) is 13.2. The van der Waals surface area contributed by atoms with Crippen LogP contribution in [0.5, 0.6) is 0 Å². The molecule has 2 nitrogen and oxygen atoms in total. The average molecular weight is 260 g/mol. The minimum Gasteiger partial charge on any atom is -0.330 e. The van der Waals surface area contributed by atoms with Gasteiger partial charge in [-0.25, -0.2) is 0 Å². The highest BCUT2D eigenvalue weighted by Gasteiger charge is 2.36. The molecule has 0 amide bonds. The maximum atomic E-state index is 6.02. The molecule has 2 unspecified atom stereocenters. The quantitative estimate of drug-likeness (QED) is 0.903. The lowest BCUT2D eigenvalue weighted by atomic mass is 9.88. The van der Waals surface area contributed by atoms with Crippen molar-refractivity contribution in [3.63, 3.8) is 0 Å². The predicted molar refractivity (Wildman–Crippen MR) is 82.4 cm³/mol. The largest absolute Gasteiger partial charge is 0.330 e. The molecule has 0 radical (unpaired) electrons. The van der Waals surface area contributed by atoms with Gasteiger partial charge in [0.2, 0.25) is 0 Å². The Kier molecular flexibility index (Phi) is 4.32. The first-order chi connectivity index (χ1) is 8.95. The molecule has 0 spiro atoms. The Hall–Kier alpha value is -0.860. The van der Waals surface area contributed by atoms with Crippen LogP contribution in [-0.4, -0.2) is 24.0 Å². The molecule has 1 fully saturated rings. The molecule has 2 rings (SSSR count). The second kappa shape index (κ2) is 5.64. The molecule has 1 saturated heterocycles. The van der Waals surface area contributed by atoms with Crippen LogP contribution in [0.2, 0.25) is 0 Å². The van der Waals surface area contributed by atoms with Gasteiger partial charge < -0.3 is 5.73 Å².